The first kappa shape index (κ1) is 20.6. The molecule has 2 N–H and O–H groups in total. The van der Waals surface area contributed by atoms with Crippen molar-refractivity contribution in [2.75, 3.05) is 36.5 Å². The molecule has 4 aromatic heterocycles. The van der Waals surface area contributed by atoms with Crippen LogP contribution in [0.2, 0.25) is 0 Å². The fourth-order valence-corrected chi connectivity index (χ4v) is 5.26. The molecule has 5 heterocycles. The molecular weight excluding hydrogens is 446 g/mol. The maximum absolute atomic E-state index is 9.78. The second-order valence-corrected chi connectivity index (χ2v) is 9.19. The van der Waals surface area contributed by atoms with Crippen LogP contribution in [0.25, 0.3) is 31.6 Å². The molecule has 0 bridgehead atoms. The van der Waals surface area contributed by atoms with Gasteiger partial charge in [-0.2, -0.15) is 5.26 Å². The summed E-state index contributed by atoms with van der Waals surface area (Å²) in [4.78, 5) is 20.9. The quantitative estimate of drug-likeness (QED) is 0.384. The van der Waals surface area contributed by atoms with E-state index in [0.717, 1.165) is 67.5 Å². The number of nitriles is 1. The van der Waals surface area contributed by atoms with Gasteiger partial charge in [0.05, 0.1) is 24.5 Å². The van der Waals surface area contributed by atoms with Crippen molar-refractivity contribution in [1.29, 1.82) is 5.26 Å². The standard InChI is InChI=1S/C25H21N7OS/c1-15-18-4-5-27-21(18)3-2-20(15)31-23-16(11-26)12-28-24-19(23)10-22(34-24)17-13-29-25(30-14-17)32-6-8-33-9-7-32/h2-5,10,12-14,27H,6-9H2,1H3,(H,28,31). The zero-order chi connectivity index (χ0) is 23.1. The Balaban J connectivity index is 1.38. The van der Waals surface area contributed by atoms with Crippen molar-refractivity contribution < 1.29 is 4.74 Å². The third-order valence-corrected chi connectivity index (χ3v) is 7.25. The number of aromatic nitrogens is 4. The Morgan fingerprint density at radius 2 is 1.91 bits per heavy atom. The van der Waals surface area contributed by atoms with E-state index in [0.29, 0.717) is 18.8 Å². The van der Waals surface area contributed by atoms with Crippen LogP contribution in [0.1, 0.15) is 11.1 Å². The first-order valence-electron chi connectivity index (χ1n) is 11.0. The number of rotatable bonds is 4. The van der Waals surface area contributed by atoms with Crippen molar-refractivity contribution in [2.45, 2.75) is 6.92 Å². The van der Waals surface area contributed by atoms with Gasteiger partial charge in [-0.05, 0) is 36.8 Å². The number of aromatic amines is 1. The largest absolute Gasteiger partial charge is 0.378 e. The molecule has 1 aliphatic rings. The summed E-state index contributed by atoms with van der Waals surface area (Å²) in [7, 11) is 0. The number of anilines is 3. The molecule has 1 aromatic carbocycles. The number of morpholine rings is 1. The predicted molar refractivity (Wildman–Crippen MR) is 135 cm³/mol. The Morgan fingerprint density at radius 1 is 1.09 bits per heavy atom. The lowest BCUT2D eigenvalue weighted by Gasteiger charge is -2.26. The number of pyridine rings is 1. The van der Waals surface area contributed by atoms with E-state index in [1.54, 1.807) is 17.5 Å². The molecule has 9 heteroatoms. The second-order valence-electron chi connectivity index (χ2n) is 8.16. The van der Waals surface area contributed by atoms with Gasteiger partial charge in [0.2, 0.25) is 5.95 Å². The van der Waals surface area contributed by atoms with E-state index in [-0.39, 0.29) is 0 Å². The van der Waals surface area contributed by atoms with E-state index in [4.69, 9.17) is 4.74 Å². The molecular formula is C25H21N7OS. The van der Waals surface area contributed by atoms with E-state index in [1.807, 2.05) is 30.7 Å². The summed E-state index contributed by atoms with van der Waals surface area (Å²) in [5.74, 6) is 0.719. The number of fused-ring (bicyclic) bond motifs is 2. The molecule has 0 saturated carbocycles. The first-order valence-corrected chi connectivity index (χ1v) is 11.8. The normalized spacial score (nSPS) is 13.9. The second kappa shape index (κ2) is 8.41. The zero-order valence-corrected chi connectivity index (χ0v) is 19.3. The lowest BCUT2D eigenvalue weighted by molar-refractivity contribution is 0.122. The number of thiophene rings is 1. The number of ether oxygens (including phenoxy) is 1. The van der Waals surface area contributed by atoms with Crippen LogP contribution < -0.4 is 10.2 Å². The lowest BCUT2D eigenvalue weighted by Crippen LogP contribution is -2.37. The Morgan fingerprint density at radius 3 is 2.71 bits per heavy atom. The molecule has 168 valence electrons. The Bertz CT molecular complexity index is 1540. The summed E-state index contributed by atoms with van der Waals surface area (Å²) in [6.07, 6.45) is 7.27. The summed E-state index contributed by atoms with van der Waals surface area (Å²) >= 11 is 1.56. The number of hydrogen-bond acceptors (Lipinski definition) is 8. The number of benzene rings is 1. The highest BCUT2D eigenvalue weighted by Crippen LogP contribution is 2.39. The van der Waals surface area contributed by atoms with Crippen molar-refractivity contribution in [2.24, 2.45) is 0 Å². The first-order chi connectivity index (χ1) is 16.7. The van der Waals surface area contributed by atoms with Gasteiger partial charge in [0.1, 0.15) is 10.9 Å². The summed E-state index contributed by atoms with van der Waals surface area (Å²) in [5, 5.41) is 15.3. The fourth-order valence-electron chi connectivity index (χ4n) is 4.28. The maximum atomic E-state index is 9.78. The number of H-pyrrole nitrogens is 1. The maximum Gasteiger partial charge on any atom is 0.225 e. The third-order valence-electron chi connectivity index (χ3n) is 6.16. The molecule has 0 atom stereocenters. The van der Waals surface area contributed by atoms with E-state index in [2.05, 4.69) is 55.3 Å². The molecule has 0 radical (unpaired) electrons. The average Bonchev–Trinajstić information content (AvgIpc) is 3.54. The zero-order valence-electron chi connectivity index (χ0n) is 18.5. The number of nitrogens with zero attached hydrogens (tertiary/aromatic N) is 5. The van der Waals surface area contributed by atoms with Crippen LogP contribution >= 0.6 is 11.3 Å². The topological polar surface area (TPSA) is 103 Å². The smallest absolute Gasteiger partial charge is 0.225 e. The van der Waals surface area contributed by atoms with Crippen LogP contribution in [0, 0.1) is 18.3 Å². The van der Waals surface area contributed by atoms with Crippen molar-refractivity contribution >= 4 is 49.8 Å². The van der Waals surface area contributed by atoms with Crippen molar-refractivity contribution in [3.63, 3.8) is 0 Å². The third kappa shape index (κ3) is 3.53. The molecule has 0 unspecified atom stereocenters. The Kier molecular flexibility index (Phi) is 5.09. The van der Waals surface area contributed by atoms with Gasteiger partial charge in [0, 0.05) is 70.3 Å². The van der Waals surface area contributed by atoms with Crippen molar-refractivity contribution in [3.8, 4) is 16.5 Å². The summed E-state index contributed by atoms with van der Waals surface area (Å²) in [6.45, 7) is 5.06. The van der Waals surface area contributed by atoms with Crippen LogP contribution in [-0.2, 0) is 4.74 Å². The minimum Gasteiger partial charge on any atom is -0.378 e. The van der Waals surface area contributed by atoms with Gasteiger partial charge in [-0.25, -0.2) is 15.0 Å². The summed E-state index contributed by atoms with van der Waals surface area (Å²) in [5.41, 5.74) is 5.36. The van der Waals surface area contributed by atoms with Gasteiger partial charge in [0.25, 0.3) is 0 Å². The van der Waals surface area contributed by atoms with Gasteiger partial charge < -0.3 is 19.9 Å². The van der Waals surface area contributed by atoms with Gasteiger partial charge in [-0.3, -0.25) is 0 Å². The monoisotopic (exact) mass is 467 g/mol. The molecule has 34 heavy (non-hydrogen) atoms. The average molecular weight is 468 g/mol. The van der Waals surface area contributed by atoms with Crippen LogP contribution in [-0.4, -0.2) is 46.2 Å². The molecule has 5 aromatic rings. The van der Waals surface area contributed by atoms with Gasteiger partial charge in [-0.15, -0.1) is 11.3 Å². The predicted octanol–water partition coefficient (Wildman–Crippen LogP) is 4.99. The van der Waals surface area contributed by atoms with E-state index >= 15 is 0 Å². The molecule has 6 rings (SSSR count). The van der Waals surface area contributed by atoms with Crippen LogP contribution in [0.4, 0.5) is 17.3 Å². The molecule has 0 aliphatic carbocycles. The van der Waals surface area contributed by atoms with Gasteiger partial charge in [0.15, 0.2) is 0 Å². The van der Waals surface area contributed by atoms with Crippen molar-refractivity contribution in [3.05, 3.63) is 60.2 Å². The minimum absolute atomic E-state index is 0.504. The minimum atomic E-state index is 0.504. The highest BCUT2D eigenvalue weighted by molar-refractivity contribution is 7.21. The molecule has 1 saturated heterocycles. The van der Waals surface area contributed by atoms with E-state index in [1.165, 1.54) is 0 Å². The molecule has 1 fully saturated rings. The Labute approximate surface area is 199 Å². The van der Waals surface area contributed by atoms with E-state index in [9.17, 15) is 5.26 Å². The molecule has 0 spiro atoms. The van der Waals surface area contributed by atoms with Crippen LogP contribution in [0.5, 0.6) is 0 Å². The van der Waals surface area contributed by atoms with Gasteiger partial charge in [-0.1, -0.05) is 0 Å². The summed E-state index contributed by atoms with van der Waals surface area (Å²) in [6, 6.07) is 10.5. The van der Waals surface area contributed by atoms with Crippen molar-refractivity contribution in [1.82, 2.24) is 19.9 Å². The molecule has 1 aliphatic heterocycles. The van der Waals surface area contributed by atoms with Crippen LogP contribution in [0.3, 0.4) is 0 Å². The number of hydrogen-bond donors (Lipinski definition) is 2. The molecule has 8 nitrogen and oxygen atoms in total. The lowest BCUT2D eigenvalue weighted by atomic mass is 10.1. The van der Waals surface area contributed by atoms with E-state index < -0.39 is 0 Å². The number of nitrogens with one attached hydrogen (secondary N) is 2. The number of aryl methyl sites for hydroxylation is 1. The van der Waals surface area contributed by atoms with Gasteiger partial charge >= 0.3 is 0 Å². The van der Waals surface area contributed by atoms with Crippen LogP contribution in [0.15, 0.2) is 49.1 Å². The summed E-state index contributed by atoms with van der Waals surface area (Å²) < 4.78 is 5.41. The Hall–Kier alpha value is -4.00. The highest BCUT2D eigenvalue weighted by Gasteiger charge is 2.17. The fraction of sp³-hybridized carbons (Fsp3) is 0.200. The molecule has 0 amide bonds. The highest BCUT2D eigenvalue weighted by atomic mass is 32.1. The SMILES string of the molecule is Cc1c(Nc2c(C#N)cnc3sc(-c4cnc(N5CCOCC5)nc4)cc23)ccc2[nH]ccc12.